The molecule has 0 aliphatic rings. The van der Waals surface area contributed by atoms with Gasteiger partial charge in [-0.05, 0) is 31.5 Å². The van der Waals surface area contributed by atoms with E-state index in [2.05, 4.69) is 86.5 Å². The fourth-order valence-electron chi connectivity index (χ4n) is 3.19. The van der Waals surface area contributed by atoms with Gasteiger partial charge in [-0.25, -0.2) is 0 Å². The molecule has 120 valence electrons. The molecule has 0 saturated heterocycles. The van der Waals surface area contributed by atoms with Crippen LogP contribution < -0.4 is 4.90 Å². The highest BCUT2D eigenvalue weighted by Crippen LogP contribution is 2.21. The van der Waals surface area contributed by atoms with Gasteiger partial charge in [0, 0.05) is 25.3 Å². The van der Waals surface area contributed by atoms with E-state index in [4.69, 9.17) is 0 Å². The van der Waals surface area contributed by atoms with Crippen molar-refractivity contribution in [2.45, 2.75) is 53.1 Å². The molecular weight excluding hydrogens is 288 g/mol. The van der Waals surface area contributed by atoms with Gasteiger partial charge in [0.25, 0.3) is 0 Å². The minimum atomic E-state index is -1.25. The normalized spacial score (nSPS) is 12.8. The summed E-state index contributed by atoms with van der Waals surface area (Å²) in [6, 6.07) is 8.89. The molecule has 0 heterocycles. The summed E-state index contributed by atoms with van der Waals surface area (Å²) in [4.78, 5) is 2.51. The van der Waals surface area contributed by atoms with Crippen LogP contribution in [-0.2, 0) is 0 Å². The Morgan fingerprint density at radius 1 is 0.905 bits per heavy atom. The van der Waals surface area contributed by atoms with Gasteiger partial charge < -0.3 is 9.13 Å². The van der Waals surface area contributed by atoms with Gasteiger partial charge in [-0.2, -0.15) is 0 Å². The average molecular weight is 323 g/mol. The van der Waals surface area contributed by atoms with Gasteiger partial charge in [0.1, 0.15) is 16.5 Å². The minimum absolute atomic E-state index is 1.08. The van der Waals surface area contributed by atoms with Crippen molar-refractivity contribution in [2.24, 2.45) is 0 Å². The highest BCUT2D eigenvalue weighted by Gasteiger charge is 2.34. The fourth-order valence-corrected chi connectivity index (χ4v) is 12.8. The molecule has 0 aliphatic carbocycles. The molecule has 1 aromatic rings. The highest BCUT2D eigenvalue weighted by atomic mass is 28.4. The number of rotatable bonds is 7. The van der Waals surface area contributed by atoms with Crippen LogP contribution in [0.15, 0.2) is 24.3 Å². The summed E-state index contributed by atoms with van der Waals surface area (Å²) in [6.07, 6.45) is 0. The zero-order chi connectivity index (χ0) is 16.3. The molecule has 0 aliphatic heterocycles. The monoisotopic (exact) mass is 322 g/mol. The number of anilines is 1. The predicted molar refractivity (Wildman–Crippen MR) is 102 cm³/mol. The van der Waals surface area contributed by atoms with E-state index in [9.17, 15) is 0 Å². The van der Waals surface area contributed by atoms with Gasteiger partial charge in [0.05, 0.1) is 0 Å². The minimum Gasteiger partial charge on any atom is -0.371 e. The Balaban J connectivity index is 2.82. The summed E-state index contributed by atoms with van der Waals surface area (Å²) in [6.45, 7) is 22.7. The van der Waals surface area contributed by atoms with E-state index in [0.29, 0.717) is 0 Å². The molecule has 0 radical (unpaired) electrons. The maximum atomic E-state index is 2.87. The van der Waals surface area contributed by atoms with Crippen LogP contribution >= 0.6 is 0 Å². The molecule has 0 N–H and O–H groups in total. The standard InChI is InChI=1S/C17H34N2Si2/c1-9-18(17-12-10-11-16(2)15-17)13-14-19(20(3,4)5)21(6,7)8/h10-12,15H,9,13-14H2,1-8H3. The van der Waals surface area contributed by atoms with Crippen molar-refractivity contribution in [1.29, 1.82) is 0 Å². The van der Waals surface area contributed by atoms with Crippen LogP contribution in [-0.4, -0.2) is 40.3 Å². The van der Waals surface area contributed by atoms with Gasteiger partial charge in [-0.15, -0.1) is 0 Å². The molecule has 0 spiro atoms. The van der Waals surface area contributed by atoms with Crippen LogP contribution in [0.1, 0.15) is 12.5 Å². The number of hydrogen-bond acceptors (Lipinski definition) is 2. The van der Waals surface area contributed by atoms with Crippen molar-refractivity contribution in [2.75, 3.05) is 24.5 Å². The zero-order valence-corrected chi connectivity index (χ0v) is 17.3. The van der Waals surface area contributed by atoms with E-state index in [1.54, 1.807) is 0 Å². The SMILES string of the molecule is CCN(CCN([Si](C)(C)C)[Si](C)(C)C)c1cccc(C)c1. The molecule has 0 amide bonds. The van der Waals surface area contributed by atoms with E-state index < -0.39 is 16.5 Å². The molecular formula is C17H34N2Si2. The Labute approximate surface area is 134 Å². The maximum absolute atomic E-state index is 2.87. The Kier molecular flexibility index (Phi) is 6.26. The first-order chi connectivity index (χ1) is 9.55. The lowest BCUT2D eigenvalue weighted by Crippen LogP contribution is -2.60. The molecule has 0 unspecified atom stereocenters. The summed E-state index contributed by atoms with van der Waals surface area (Å²) in [5.74, 6) is 0. The van der Waals surface area contributed by atoms with Crippen LogP contribution in [0.25, 0.3) is 0 Å². The summed E-state index contributed by atoms with van der Waals surface area (Å²) < 4.78 is 2.87. The van der Waals surface area contributed by atoms with Gasteiger partial charge in [-0.1, -0.05) is 51.4 Å². The van der Waals surface area contributed by atoms with Crippen molar-refractivity contribution in [3.8, 4) is 0 Å². The summed E-state index contributed by atoms with van der Waals surface area (Å²) in [5, 5.41) is 0. The van der Waals surface area contributed by atoms with E-state index in [1.165, 1.54) is 17.8 Å². The van der Waals surface area contributed by atoms with Crippen LogP contribution in [0.4, 0.5) is 5.69 Å². The van der Waals surface area contributed by atoms with Crippen LogP contribution in [0.2, 0.25) is 39.3 Å². The molecule has 0 bridgehead atoms. The number of benzene rings is 1. The molecule has 0 atom stereocenters. The van der Waals surface area contributed by atoms with Gasteiger partial charge in [0.15, 0.2) is 0 Å². The smallest absolute Gasteiger partial charge is 0.112 e. The van der Waals surface area contributed by atoms with Gasteiger partial charge in [0.2, 0.25) is 0 Å². The van der Waals surface area contributed by atoms with Crippen molar-refractivity contribution in [1.82, 2.24) is 4.23 Å². The Hall–Kier alpha value is -0.586. The van der Waals surface area contributed by atoms with E-state index in [-0.39, 0.29) is 0 Å². The first kappa shape index (κ1) is 18.5. The maximum Gasteiger partial charge on any atom is 0.112 e. The lowest BCUT2D eigenvalue weighted by atomic mass is 10.2. The highest BCUT2D eigenvalue weighted by molar-refractivity contribution is 6.89. The number of nitrogens with zero attached hydrogens (tertiary/aromatic N) is 2. The van der Waals surface area contributed by atoms with Crippen molar-refractivity contribution in [3.63, 3.8) is 0 Å². The number of hydrogen-bond donors (Lipinski definition) is 0. The second-order valence-electron chi connectivity index (χ2n) is 7.91. The van der Waals surface area contributed by atoms with E-state index in [1.807, 2.05) is 0 Å². The second-order valence-corrected chi connectivity index (χ2v) is 18.1. The lowest BCUT2D eigenvalue weighted by Gasteiger charge is -2.44. The number of aryl methyl sites for hydroxylation is 1. The van der Waals surface area contributed by atoms with Crippen molar-refractivity contribution in [3.05, 3.63) is 29.8 Å². The Morgan fingerprint density at radius 2 is 1.48 bits per heavy atom. The first-order valence-electron chi connectivity index (χ1n) is 8.15. The molecule has 0 saturated carbocycles. The summed E-state index contributed by atoms with van der Waals surface area (Å²) >= 11 is 0. The summed E-state index contributed by atoms with van der Waals surface area (Å²) in [7, 11) is -2.49. The third kappa shape index (κ3) is 5.60. The van der Waals surface area contributed by atoms with E-state index >= 15 is 0 Å². The largest absolute Gasteiger partial charge is 0.371 e. The molecule has 21 heavy (non-hydrogen) atoms. The lowest BCUT2D eigenvalue weighted by molar-refractivity contribution is 0.600. The van der Waals surface area contributed by atoms with Gasteiger partial charge in [-0.3, -0.25) is 0 Å². The summed E-state index contributed by atoms with van der Waals surface area (Å²) in [5.41, 5.74) is 2.71. The quantitative estimate of drug-likeness (QED) is 0.666. The average Bonchev–Trinajstić information content (AvgIpc) is 2.31. The van der Waals surface area contributed by atoms with Crippen molar-refractivity contribution < 1.29 is 0 Å². The van der Waals surface area contributed by atoms with Crippen LogP contribution in [0.3, 0.4) is 0 Å². The third-order valence-corrected chi connectivity index (χ3v) is 11.7. The van der Waals surface area contributed by atoms with Gasteiger partial charge >= 0.3 is 0 Å². The number of likely N-dealkylation sites (N-methyl/N-ethyl adjacent to an activating group) is 1. The predicted octanol–water partition coefficient (Wildman–Crippen LogP) is 4.79. The topological polar surface area (TPSA) is 6.48 Å². The van der Waals surface area contributed by atoms with Crippen molar-refractivity contribution >= 4 is 22.2 Å². The van der Waals surface area contributed by atoms with E-state index in [0.717, 1.165) is 13.1 Å². The van der Waals surface area contributed by atoms with Crippen LogP contribution in [0.5, 0.6) is 0 Å². The molecule has 1 aromatic carbocycles. The fraction of sp³-hybridized carbons (Fsp3) is 0.647. The molecule has 4 heteroatoms. The van der Waals surface area contributed by atoms with Crippen LogP contribution in [0, 0.1) is 6.92 Å². The first-order valence-corrected chi connectivity index (χ1v) is 15.0. The molecule has 0 fully saturated rings. The molecule has 2 nitrogen and oxygen atoms in total. The Bertz CT molecular complexity index is 433. The molecule has 0 aromatic heterocycles. The third-order valence-electron chi connectivity index (χ3n) is 3.96. The Morgan fingerprint density at radius 3 is 1.90 bits per heavy atom. The second kappa shape index (κ2) is 7.12. The zero-order valence-electron chi connectivity index (χ0n) is 15.3. The molecule has 1 rings (SSSR count).